The van der Waals surface area contributed by atoms with Crippen LogP contribution in [-0.4, -0.2) is 45.3 Å². The predicted octanol–water partition coefficient (Wildman–Crippen LogP) is 2.22. The first-order chi connectivity index (χ1) is 12.3. The molecular weight excluding hydrogens is 316 g/mol. The molecule has 0 N–H and O–H groups in total. The summed E-state index contributed by atoms with van der Waals surface area (Å²) in [7, 11) is 0. The van der Waals surface area contributed by atoms with E-state index in [0.717, 1.165) is 36.9 Å². The SMILES string of the molecule is O=C(Cc1ccccn1)N1Cc2ccnn2C(CCOCC2CC2)C1. The Morgan fingerprint density at radius 3 is 2.96 bits per heavy atom. The molecule has 2 aliphatic rings. The summed E-state index contributed by atoms with van der Waals surface area (Å²) in [4.78, 5) is 18.9. The van der Waals surface area contributed by atoms with Gasteiger partial charge in [-0.2, -0.15) is 5.10 Å². The third-order valence-corrected chi connectivity index (χ3v) is 4.94. The van der Waals surface area contributed by atoms with E-state index in [1.165, 1.54) is 12.8 Å². The molecule has 2 aromatic rings. The monoisotopic (exact) mass is 340 g/mol. The lowest BCUT2D eigenvalue weighted by atomic mass is 10.1. The van der Waals surface area contributed by atoms with Crippen molar-refractivity contribution in [3.8, 4) is 0 Å². The molecule has 1 saturated carbocycles. The minimum Gasteiger partial charge on any atom is -0.381 e. The van der Waals surface area contributed by atoms with Gasteiger partial charge in [0, 0.05) is 37.8 Å². The van der Waals surface area contributed by atoms with Crippen LogP contribution in [0, 0.1) is 5.92 Å². The smallest absolute Gasteiger partial charge is 0.229 e. The summed E-state index contributed by atoms with van der Waals surface area (Å²) in [5.41, 5.74) is 1.91. The van der Waals surface area contributed by atoms with E-state index in [-0.39, 0.29) is 11.9 Å². The fourth-order valence-corrected chi connectivity index (χ4v) is 3.31. The average molecular weight is 340 g/mol. The number of pyridine rings is 1. The van der Waals surface area contributed by atoms with Crippen LogP contribution in [0.1, 0.15) is 36.7 Å². The molecule has 0 saturated heterocycles. The van der Waals surface area contributed by atoms with Crippen LogP contribution in [0.3, 0.4) is 0 Å². The topological polar surface area (TPSA) is 60.2 Å². The summed E-state index contributed by atoms with van der Waals surface area (Å²) in [5, 5.41) is 4.45. The zero-order valence-corrected chi connectivity index (χ0v) is 14.4. The molecule has 3 heterocycles. The highest BCUT2D eigenvalue weighted by Crippen LogP contribution is 2.29. The average Bonchev–Trinajstić information content (AvgIpc) is 3.33. The lowest BCUT2D eigenvalue weighted by molar-refractivity contribution is -0.132. The highest BCUT2D eigenvalue weighted by Gasteiger charge is 2.28. The molecule has 25 heavy (non-hydrogen) atoms. The van der Waals surface area contributed by atoms with Crippen LogP contribution >= 0.6 is 0 Å². The van der Waals surface area contributed by atoms with Crippen LogP contribution in [0.5, 0.6) is 0 Å². The van der Waals surface area contributed by atoms with Crippen molar-refractivity contribution in [1.82, 2.24) is 19.7 Å². The molecule has 1 unspecified atom stereocenters. The first kappa shape index (κ1) is 16.3. The van der Waals surface area contributed by atoms with Crippen molar-refractivity contribution in [2.45, 2.75) is 38.3 Å². The third-order valence-electron chi connectivity index (χ3n) is 4.94. The molecule has 1 atom stereocenters. The Balaban J connectivity index is 1.37. The van der Waals surface area contributed by atoms with Gasteiger partial charge in [-0.15, -0.1) is 0 Å². The van der Waals surface area contributed by atoms with Gasteiger partial charge in [0.1, 0.15) is 0 Å². The van der Waals surface area contributed by atoms with Crippen LogP contribution < -0.4 is 0 Å². The van der Waals surface area contributed by atoms with Gasteiger partial charge in [0.05, 0.1) is 24.7 Å². The summed E-state index contributed by atoms with van der Waals surface area (Å²) >= 11 is 0. The Hall–Kier alpha value is -2.21. The maximum atomic E-state index is 12.7. The van der Waals surface area contributed by atoms with Crippen molar-refractivity contribution in [2.24, 2.45) is 5.92 Å². The second-order valence-electron chi connectivity index (χ2n) is 7.00. The molecular formula is C19H24N4O2. The maximum absolute atomic E-state index is 12.7. The largest absolute Gasteiger partial charge is 0.381 e. The Kier molecular flexibility index (Phi) is 4.78. The van der Waals surface area contributed by atoms with Gasteiger partial charge in [0.2, 0.25) is 5.91 Å². The number of fused-ring (bicyclic) bond motifs is 1. The molecule has 1 aliphatic carbocycles. The fourth-order valence-electron chi connectivity index (χ4n) is 3.31. The lowest BCUT2D eigenvalue weighted by Gasteiger charge is -2.34. The number of carbonyl (C=O) groups is 1. The van der Waals surface area contributed by atoms with E-state index in [1.807, 2.05) is 35.4 Å². The van der Waals surface area contributed by atoms with Crippen molar-refractivity contribution in [3.05, 3.63) is 48.0 Å². The Morgan fingerprint density at radius 2 is 2.16 bits per heavy atom. The number of hydrogen-bond acceptors (Lipinski definition) is 4. The number of ether oxygens (including phenoxy) is 1. The van der Waals surface area contributed by atoms with E-state index in [2.05, 4.69) is 14.8 Å². The normalized spacial score (nSPS) is 19.7. The first-order valence-electron chi connectivity index (χ1n) is 9.07. The molecule has 1 aliphatic heterocycles. The molecule has 132 valence electrons. The molecule has 1 fully saturated rings. The molecule has 0 spiro atoms. The van der Waals surface area contributed by atoms with Crippen LogP contribution in [-0.2, 0) is 22.5 Å². The van der Waals surface area contributed by atoms with Crippen molar-refractivity contribution in [1.29, 1.82) is 0 Å². The molecule has 0 bridgehead atoms. The number of hydrogen-bond donors (Lipinski definition) is 0. The maximum Gasteiger partial charge on any atom is 0.229 e. The van der Waals surface area contributed by atoms with Crippen molar-refractivity contribution in [2.75, 3.05) is 19.8 Å². The molecule has 6 nitrogen and oxygen atoms in total. The Bertz CT molecular complexity index is 711. The summed E-state index contributed by atoms with van der Waals surface area (Å²) in [6.45, 7) is 2.90. The van der Waals surface area contributed by atoms with Crippen molar-refractivity contribution >= 4 is 5.91 Å². The first-order valence-corrected chi connectivity index (χ1v) is 9.07. The van der Waals surface area contributed by atoms with Crippen LogP contribution in [0.4, 0.5) is 0 Å². The number of nitrogens with zero attached hydrogens (tertiary/aromatic N) is 4. The van der Waals surface area contributed by atoms with E-state index in [0.29, 0.717) is 19.5 Å². The molecule has 4 rings (SSSR count). The van der Waals surface area contributed by atoms with Gasteiger partial charge in [0.25, 0.3) is 0 Å². The summed E-state index contributed by atoms with van der Waals surface area (Å²) in [6.07, 6.45) is 7.40. The molecule has 6 heteroatoms. The molecule has 1 amide bonds. The van der Waals surface area contributed by atoms with E-state index in [1.54, 1.807) is 6.20 Å². The summed E-state index contributed by atoms with van der Waals surface area (Å²) < 4.78 is 7.85. The van der Waals surface area contributed by atoms with Gasteiger partial charge < -0.3 is 9.64 Å². The van der Waals surface area contributed by atoms with Gasteiger partial charge >= 0.3 is 0 Å². The third kappa shape index (κ3) is 4.07. The second-order valence-corrected chi connectivity index (χ2v) is 7.00. The Morgan fingerprint density at radius 1 is 1.24 bits per heavy atom. The van der Waals surface area contributed by atoms with E-state index in [4.69, 9.17) is 4.74 Å². The fraction of sp³-hybridized carbons (Fsp3) is 0.526. The molecule has 2 aromatic heterocycles. The minimum absolute atomic E-state index is 0.120. The Labute approximate surface area is 147 Å². The lowest BCUT2D eigenvalue weighted by Crippen LogP contribution is -2.42. The van der Waals surface area contributed by atoms with Gasteiger partial charge in [0.15, 0.2) is 0 Å². The van der Waals surface area contributed by atoms with Crippen molar-refractivity contribution < 1.29 is 9.53 Å². The second kappa shape index (κ2) is 7.35. The van der Waals surface area contributed by atoms with Gasteiger partial charge in [-0.25, -0.2) is 0 Å². The highest BCUT2D eigenvalue weighted by atomic mass is 16.5. The number of carbonyl (C=O) groups excluding carboxylic acids is 1. The highest BCUT2D eigenvalue weighted by molar-refractivity contribution is 5.78. The number of amides is 1. The van der Waals surface area contributed by atoms with Crippen LogP contribution in [0.25, 0.3) is 0 Å². The van der Waals surface area contributed by atoms with Crippen LogP contribution in [0.15, 0.2) is 36.7 Å². The molecule has 0 radical (unpaired) electrons. The van der Waals surface area contributed by atoms with E-state index < -0.39 is 0 Å². The van der Waals surface area contributed by atoms with Crippen molar-refractivity contribution in [3.63, 3.8) is 0 Å². The van der Waals surface area contributed by atoms with Gasteiger partial charge in [-0.05, 0) is 43.4 Å². The van der Waals surface area contributed by atoms with E-state index >= 15 is 0 Å². The van der Waals surface area contributed by atoms with Crippen LogP contribution in [0.2, 0.25) is 0 Å². The minimum atomic E-state index is 0.120. The summed E-state index contributed by atoms with van der Waals surface area (Å²) in [6, 6.07) is 7.87. The van der Waals surface area contributed by atoms with E-state index in [9.17, 15) is 4.79 Å². The number of rotatable bonds is 7. The molecule has 0 aromatic carbocycles. The summed E-state index contributed by atoms with van der Waals surface area (Å²) in [5.74, 6) is 0.901. The number of aromatic nitrogens is 3. The van der Waals surface area contributed by atoms with Gasteiger partial charge in [-0.3, -0.25) is 14.5 Å². The quantitative estimate of drug-likeness (QED) is 0.725. The predicted molar refractivity (Wildman–Crippen MR) is 92.8 cm³/mol. The standard InChI is InChI=1S/C19H24N4O2/c24-19(11-16-3-1-2-8-20-16)22-12-17-6-9-21-23(17)18(13-22)7-10-25-14-15-4-5-15/h1-3,6,8-9,15,18H,4-5,7,10-14H2. The zero-order chi connectivity index (χ0) is 17.1. The zero-order valence-electron chi connectivity index (χ0n) is 14.4. The van der Waals surface area contributed by atoms with Gasteiger partial charge in [-0.1, -0.05) is 6.07 Å².